The van der Waals surface area contributed by atoms with E-state index in [4.69, 9.17) is 37.4 Å². The fourth-order valence-corrected chi connectivity index (χ4v) is 11.7. The molecule has 3 N–H and O–H groups in total. The first-order valence-electron chi connectivity index (χ1n) is 26.2. The molecule has 0 radical (unpaired) electrons. The highest BCUT2D eigenvalue weighted by molar-refractivity contribution is 7.51. The molecule has 4 fully saturated rings. The summed E-state index contributed by atoms with van der Waals surface area (Å²) in [6.07, 6.45) is 12.9. The van der Waals surface area contributed by atoms with E-state index in [0.29, 0.717) is 50.2 Å². The van der Waals surface area contributed by atoms with Crippen molar-refractivity contribution in [2.75, 3.05) is 36.8 Å². The number of anilines is 2. The normalized spacial score (nSPS) is 19.6. The summed E-state index contributed by atoms with van der Waals surface area (Å²) in [5, 5.41) is 17.3. The molecule has 2 aliphatic carbocycles. The Balaban J connectivity index is 0.000000168. The number of H-pyrrole nitrogens is 1. The number of likely N-dealkylation sites (tertiary alicyclic amines) is 2. The Kier molecular flexibility index (Phi) is 15.7. The first kappa shape index (κ1) is 53.8. The van der Waals surface area contributed by atoms with Gasteiger partial charge in [-0.2, -0.15) is 8.42 Å². The number of rotatable bonds is 11. The van der Waals surface area contributed by atoms with E-state index in [9.17, 15) is 8.78 Å². The molecule has 1 aromatic carbocycles. The third-order valence-corrected chi connectivity index (χ3v) is 15.5. The van der Waals surface area contributed by atoms with Gasteiger partial charge in [0.15, 0.2) is 0 Å². The highest BCUT2D eigenvalue weighted by atomic mass is 32.1. The highest BCUT2D eigenvalue weighted by Gasteiger charge is 2.40. The fraction of sp³-hybridized carbons (Fsp3) is 0.404. The molecule has 4 atom stereocenters. The first-order valence-corrected chi connectivity index (χ1v) is 26.8. The summed E-state index contributed by atoms with van der Waals surface area (Å²) in [5.74, 6) is 2.72. The summed E-state index contributed by atoms with van der Waals surface area (Å²) < 4.78 is 56.4. The molecule has 9 aromatic rings. The number of aromatic amines is 1. The molecule has 78 heavy (non-hydrogen) atoms. The van der Waals surface area contributed by atoms with Crippen LogP contribution >= 0.6 is 0 Å². The molecule has 0 bridgehead atoms. The van der Waals surface area contributed by atoms with Gasteiger partial charge < -0.3 is 29.2 Å². The van der Waals surface area contributed by atoms with Crippen LogP contribution in [0.4, 0.5) is 20.7 Å². The second kappa shape index (κ2) is 22.8. The maximum Gasteiger partial charge on any atom is 0.335 e. The molecule has 10 heterocycles. The minimum absolute atomic E-state index is 0. The minimum Gasteiger partial charge on any atom is -0.361 e. The predicted octanol–water partition coefficient (Wildman–Crippen LogP) is 10.6. The van der Waals surface area contributed by atoms with Crippen molar-refractivity contribution in [3.63, 3.8) is 0 Å². The van der Waals surface area contributed by atoms with E-state index in [0.717, 1.165) is 145 Å². The zero-order chi connectivity index (χ0) is 53.5. The van der Waals surface area contributed by atoms with Crippen LogP contribution in [0, 0.1) is 41.5 Å². The standard InChI is InChI=1S/C31H32FN7O.C25H28FN7O.CH4.O2S/c1-18-14-33-31(35-25-10-7-11-27(25)38-15-21(32)16-38)36-29(18)24-17-39(22-8-5-4-6-9-22)30-23(24)12-13-26(34-30)28-19(2)37-40-20(28)3;1-13-9-28-25(30-19-5-4-6-21(19)33-11-16(26)12-33)31-23(13)18-10-27-24-17(18)7-8-20(29-24)22-14(2)32-34-15(22)3;;1-3-2/h4-6,8-9,12-14,17,21,25,27H,7,10-11,15-16H2,1-3H3,(H,33,35,36);7-10,16,19,21H,4-6,11-12H2,1-3H3,(H,27,29)(H,28,30,31);1H4;/t25-,27-;19-,21-;;/m00../s1. The molecule has 8 aromatic heterocycles. The Labute approximate surface area is 454 Å². The fourth-order valence-electron chi connectivity index (χ4n) is 11.7. The van der Waals surface area contributed by atoms with Crippen LogP contribution in [0.5, 0.6) is 0 Å². The molecule has 2 saturated carbocycles. The molecule has 406 valence electrons. The zero-order valence-corrected chi connectivity index (χ0v) is 44.6. The van der Waals surface area contributed by atoms with Crippen LogP contribution in [0.2, 0.25) is 0 Å². The average Bonchev–Trinajstić information content (AvgIpc) is 4.31. The van der Waals surface area contributed by atoms with E-state index in [2.05, 4.69) is 80.7 Å². The van der Waals surface area contributed by atoms with Crippen LogP contribution < -0.4 is 10.6 Å². The lowest BCUT2D eigenvalue weighted by molar-refractivity contribution is 0.0264. The number of para-hydroxylation sites is 1. The molecular weight excluding hydrogens is 1010 g/mol. The van der Waals surface area contributed by atoms with Crippen LogP contribution in [0.15, 0.2) is 88.4 Å². The van der Waals surface area contributed by atoms with Gasteiger partial charge in [0.25, 0.3) is 0 Å². The van der Waals surface area contributed by atoms with E-state index in [1.165, 1.54) is 0 Å². The summed E-state index contributed by atoms with van der Waals surface area (Å²) in [5.41, 5.74) is 13.5. The van der Waals surface area contributed by atoms with Crippen molar-refractivity contribution in [2.45, 2.75) is 124 Å². The van der Waals surface area contributed by atoms with Gasteiger partial charge in [-0.15, -0.1) is 0 Å². The monoisotopic (exact) mass is 1080 g/mol. The van der Waals surface area contributed by atoms with Crippen LogP contribution in [0.25, 0.3) is 72.8 Å². The third kappa shape index (κ3) is 10.6. The zero-order valence-electron chi connectivity index (χ0n) is 43.8. The maximum absolute atomic E-state index is 13.6. The van der Waals surface area contributed by atoms with Crippen LogP contribution in [0.1, 0.15) is 80.0 Å². The van der Waals surface area contributed by atoms with Gasteiger partial charge in [-0.25, -0.2) is 38.7 Å². The first-order chi connectivity index (χ1) is 37.3. The Hall–Kier alpha value is -7.62. The van der Waals surface area contributed by atoms with Crippen molar-refractivity contribution in [3.05, 3.63) is 113 Å². The van der Waals surface area contributed by atoms with Crippen LogP contribution in [0.3, 0.4) is 0 Å². The molecule has 2 saturated heterocycles. The van der Waals surface area contributed by atoms with Crippen molar-refractivity contribution in [1.29, 1.82) is 0 Å². The molecule has 4 aliphatic rings. The number of halogens is 2. The maximum atomic E-state index is 13.6. The Morgan fingerprint density at radius 3 is 1.63 bits per heavy atom. The van der Waals surface area contributed by atoms with E-state index in [1.807, 2.05) is 90.5 Å². The van der Waals surface area contributed by atoms with Crippen LogP contribution in [-0.4, -0.2) is 131 Å². The highest BCUT2D eigenvalue weighted by Crippen LogP contribution is 2.38. The molecule has 13 rings (SSSR count). The Morgan fingerprint density at radius 2 is 1.13 bits per heavy atom. The van der Waals surface area contributed by atoms with Gasteiger partial charge in [-0.05, 0) is 128 Å². The number of aryl methyl sites for hydroxylation is 6. The molecule has 0 amide bonds. The summed E-state index contributed by atoms with van der Waals surface area (Å²) in [7, 11) is 0. The van der Waals surface area contributed by atoms with Gasteiger partial charge >= 0.3 is 11.6 Å². The molecular formula is C57H64F2N14O4S. The van der Waals surface area contributed by atoms with Gasteiger partial charge in [-0.1, -0.05) is 35.9 Å². The number of pyridine rings is 2. The van der Waals surface area contributed by atoms with E-state index >= 15 is 0 Å². The number of benzene rings is 1. The molecule has 0 unspecified atom stereocenters. The third-order valence-electron chi connectivity index (χ3n) is 15.5. The predicted molar refractivity (Wildman–Crippen MR) is 297 cm³/mol. The minimum atomic E-state index is -0.750. The Morgan fingerprint density at radius 1 is 0.628 bits per heavy atom. The molecule has 21 heteroatoms. The quantitative estimate of drug-likeness (QED) is 0.110. The summed E-state index contributed by atoms with van der Waals surface area (Å²) in [6, 6.07) is 19.5. The summed E-state index contributed by atoms with van der Waals surface area (Å²) in [4.78, 5) is 36.9. The molecule has 0 spiro atoms. The van der Waals surface area contributed by atoms with E-state index < -0.39 is 23.9 Å². The summed E-state index contributed by atoms with van der Waals surface area (Å²) >= 11 is -0.750. The van der Waals surface area contributed by atoms with Crippen molar-refractivity contribution in [2.24, 2.45) is 0 Å². The number of nitrogens with zero attached hydrogens (tertiary/aromatic N) is 11. The number of nitrogens with one attached hydrogen (secondary N) is 3. The van der Waals surface area contributed by atoms with Gasteiger partial charge in [0, 0.05) is 103 Å². The van der Waals surface area contributed by atoms with Crippen molar-refractivity contribution >= 4 is 45.5 Å². The van der Waals surface area contributed by atoms with E-state index in [1.54, 1.807) is 0 Å². The number of hydrogen-bond acceptors (Lipinski definition) is 16. The van der Waals surface area contributed by atoms with Crippen molar-refractivity contribution in [3.8, 4) is 50.7 Å². The average molecular weight is 1080 g/mol. The SMILES string of the molecule is C.Cc1cnc(N[C@H]2CCC[C@@H]2N2CC(F)C2)nc1-c1c[nH]c2nc(-c3c(C)noc3C)ccc12.Cc1cnc(N[C@H]2CCC[C@@H]2N2CC(F)C2)nc1-c1cn(-c2ccccc2)c2nc(-c3c(C)noc3C)ccc12.O=S=O. The summed E-state index contributed by atoms with van der Waals surface area (Å²) in [6.45, 7) is 13.9. The Bertz CT molecular complexity index is 3580. The van der Waals surface area contributed by atoms with Gasteiger partial charge in [-0.3, -0.25) is 9.80 Å². The van der Waals surface area contributed by atoms with Crippen molar-refractivity contribution < 1.29 is 26.2 Å². The van der Waals surface area contributed by atoms with Crippen molar-refractivity contribution in [1.82, 2.24) is 59.6 Å². The van der Waals surface area contributed by atoms with E-state index in [-0.39, 0.29) is 19.5 Å². The smallest absolute Gasteiger partial charge is 0.335 e. The lowest BCUT2D eigenvalue weighted by atomic mass is 10.0. The lowest BCUT2D eigenvalue weighted by Gasteiger charge is -2.41. The van der Waals surface area contributed by atoms with Gasteiger partial charge in [0.05, 0.1) is 45.3 Å². The topological polar surface area (TPSA) is 215 Å². The molecule has 18 nitrogen and oxygen atoms in total. The number of aromatic nitrogens is 10. The second-order valence-electron chi connectivity index (χ2n) is 20.6. The molecule has 2 aliphatic heterocycles. The number of alkyl halides is 2. The van der Waals surface area contributed by atoms with Gasteiger partial charge in [0.1, 0.15) is 35.2 Å². The van der Waals surface area contributed by atoms with Crippen LogP contribution in [-0.2, 0) is 11.6 Å². The lowest BCUT2D eigenvalue weighted by Crippen LogP contribution is -2.57. The second-order valence-corrected chi connectivity index (χ2v) is 20.8. The van der Waals surface area contributed by atoms with Gasteiger partial charge in [0.2, 0.25) is 11.9 Å². The largest absolute Gasteiger partial charge is 0.361 e. The number of hydrogen-bond donors (Lipinski definition) is 3. The number of fused-ring (bicyclic) bond motifs is 2.